The second-order valence-electron chi connectivity index (χ2n) is 6.88. The molecule has 0 aliphatic carbocycles. The van der Waals surface area contributed by atoms with Gasteiger partial charge in [-0.05, 0) is 31.2 Å². The van der Waals surface area contributed by atoms with Crippen molar-refractivity contribution in [2.75, 3.05) is 58.0 Å². The van der Waals surface area contributed by atoms with Crippen LogP contribution in [0.1, 0.15) is 17.3 Å². The number of anilines is 1. The summed E-state index contributed by atoms with van der Waals surface area (Å²) in [6.45, 7) is 6.31. The molecule has 1 amide bonds. The van der Waals surface area contributed by atoms with Gasteiger partial charge in [-0.15, -0.1) is 0 Å². The summed E-state index contributed by atoms with van der Waals surface area (Å²) in [5, 5.41) is 0. The Bertz CT molecular complexity index is 860. The quantitative estimate of drug-likeness (QED) is 0.772. The Morgan fingerprint density at radius 2 is 1.79 bits per heavy atom. The fourth-order valence-electron chi connectivity index (χ4n) is 3.73. The molecule has 2 aliphatic heterocycles. The predicted molar refractivity (Wildman–Crippen MR) is 110 cm³/mol. The molecule has 2 aromatic rings. The summed E-state index contributed by atoms with van der Waals surface area (Å²) in [7, 11) is 1.57. The molecule has 1 fully saturated rings. The van der Waals surface area contributed by atoms with Gasteiger partial charge in [0.15, 0.2) is 11.5 Å². The number of carbonyl (C=O) groups is 1. The van der Waals surface area contributed by atoms with Gasteiger partial charge in [0.1, 0.15) is 19.0 Å². The summed E-state index contributed by atoms with van der Waals surface area (Å²) < 4.78 is 22.4. The monoisotopic (exact) mass is 398 g/mol. The van der Waals surface area contributed by atoms with Crippen LogP contribution in [-0.4, -0.2) is 63.9 Å². The number of hydrogen-bond donors (Lipinski definition) is 0. The highest BCUT2D eigenvalue weighted by Gasteiger charge is 2.27. The van der Waals surface area contributed by atoms with Gasteiger partial charge in [0.25, 0.3) is 5.91 Å². The van der Waals surface area contributed by atoms with Crippen LogP contribution < -0.4 is 23.8 Å². The summed E-state index contributed by atoms with van der Waals surface area (Å²) in [6.07, 6.45) is 0. The van der Waals surface area contributed by atoms with E-state index in [1.165, 1.54) is 0 Å². The molecule has 0 aromatic heterocycles. The van der Waals surface area contributed by atoms with E-state index in [0.29, 0.717) is 55.7 Å². The molecule has 0 N–H and O–H groups in total. The number of methoxy groups -OCH3 is 1. The van der Waals surface area contributed by atoms with E-state index in [-0.39, 0.29) is 5.91 Å². The number of ether oxygens (including phenoxy) is 4. The number of hydrogen-bond acceptors (Lipinski definition) is 6. The van der Waals surface area contributed by atoms with Gasteiger partial charge in [0, 0.05) is 31.7 Å². The zero-order valence-electron chi connectivity index (χ0n) is 16.8. The third kappa shape index (κ3) is 3.90. The molecule has 0 unspecified atom stereocenters. The summed E-state index contributed by atoms with van der Waals surface area (Å²) in [5.41, 5.74) is 1.62. The molecule has 4 rings (SSSR count). The number of para-hydroxylation sites is 2. The number of fused-ring (bicyclic) bond motifs is 1. The first-order valence-electron chi connectivity index (χ1n) is 9.95. The molecule has 0 saturated carbocycles. The molecule has 2 aliphatic rings. The van der Waals surface area contributed by atoms with Gasteiger partial charge in [0.2, 0.25) is 5.75 Å². The maximum atomic E-state index is 13.1. The lowest BCUT2D eigenvalue weighted by Crippen LogP contribution is -2.48. The molecule has 7 heteroatoms. The zero-order chi connectivity index (χ0) is 20.2. The highest BCUT2D eigenvalue weighted by atomic mass is 16.6. The van der Waals surface area contributed by atoms with Crippen molar-refractivity contribution in [1.82, 2.24) is 4.90 Å². The van der Waals surface area contributed by atoms with E-state index in [1.54, 1.807) is 19.2 Å². The molecule has 2 heterocycles. The lowest BCUT2D eigenvalue weighted by atomic mass is 10.1. The molecule has 1 saturated heterocycles. The van der Waals surface area contributed by atoms with Crippen molar-refractivity contribution in [3.05, 3.63) is 42.0 Å². The number of rotatable bonds is 5. The summed E-state index contributed by atoms with van der Waals surface area (Å²) in [6, 6.07) is 11.5. The average molecular weight is 398 g/mol. The van der Waals surface area contributed by atoms with Gasteiger partial charge in [-0.1, -0.05) is 12.1 Å². The Labute approximate surface area is 170 Å². The Kier molecular flexibility index (Phi) is 5.64. The lowest BCUT2D eigenvalue weighted by molar-refractivity contribution is 0.0745. The van der Waals surface area contributed by atoms with Crippen molar-refractivity contribution in [3.8, 4) is 23.0 Å². The van der Waals surface area contributed by atoms with Gasteiger partial charge in [0.05, 0.1) is 19.4 Å². The van der Waals surface area contributed by atoms with Crippen LogP contribution in [0.2, 0.25) is 0 Å². The van der Waals surface area contributed by atoms with Crippen LogP contribution in [0.3, 0.4) is 0 Å². The fraction of sp³-hybridized carbons (Fsp3) is 0.409. The van der Waals surface area contributed by atoms with Crippen LogP contribution in [0.15, 0.2) is 36.4 Å². The number of benzene rings is 2. The third-order valence-corrected chi connectivity index (χ3v) is 5.15. The van der Waals surface area contributed by atoms with E-state index in [4.69, 9.17) is 18.9 Å². The van der Waals surface area contributed by atoms with Crippen LogP contribution in [0.5, 0.6) is 23.0 Å². The van der Waals surface area contributed by atoms with E-state index >= 15 is 0 Å². The first kappa shape index (κ1) is 19.2. The molecule has 2 aromatic carbocycles. The molecule has 29 heavy (non-hydrogen) atoms. The molecule has 0 atom stereocenters. The average Bonchev–Trinajstić information content (AvgIpc) is 2.78. The molecule has 0 bridgehead atoms. The SMILES string of the molecule is CCOc1ccccc1N1CCN(C(=O)c2cc(OC)c3c(c2)OCCO3)CC1. The summed E-state index contributed by atoms with van der Waals surface area (Å²) in [5.74, 6) is 2.50. The largest absolute Gasteiger partial charge is 0.493 e. The minimum absolute atomic E-state index is 0.0296. The molecule has 0 spiro atoms. The predicted octanol–water partition coefficient (Wildman–Crippen LogP) is 2.83. The second kappa shape index (κ2) is 8.51. The Morgan fingerprint density at radius 3 is 2.55 bits per heavy atom. The molecule has 7 nitrogen and oxygen atoms in total. The number of carbonyl (C=O) groups excluding carboxylic acids is 1. The maximum Gasteiger partial charge on any atom is 0.254 e. The van der Waals surface area contributed by atoms with Crippen LogP contribution in [0.4, 0.5) is 5.69 Å². The van der Waals surface area contributed by atoms with Gasteiger partial charge < -0.3 is 28.7 Å². The topological polar surface area (TPSA) is 60.5 Å². The highest BCUT2D eigenvalue weighted by molar-refractivity contribution is 5.96. The van der Waals surface area contributed by atoms with Crippen molar-refractivity contribution >= 4 is 11.6 Å². The van der Waals surface area contributed by atoms with Crippen LogP contribution in [-0.2, 0) is 0 Å². The van der Waals surface area contributed by atoms with Crippen LogP contribution in [0, 0.1) is 0 Å². The zero-order valence-corrected chi connectivity index (χ0v) is 16.8. The van der Waals surface area contributed by atoms with Crippen molar-refractivity contribution in [2.45, 2.75) is 6.92 Å². The number of piperazine rings is 1. The first-order valence-corrected chi connectivity index (χ1v) is 9.95. The van der Waals surface area contributed by atoms with E-state index in [9.17, 15) is 4.79 Å². The highest BCUT2D eigenvalue weighted by Crippen LogP contribution is 2.40. The Hall–Kier alpha value is -3.09. The van der Waals surface area contributed by atoms with E-state index in [1.807, 2.05) is 30.0 Å². The van der Waals surface area contributed by atoms with Gasteiger partial charge in [-0.2, -0.15) is 0 Å². The molecular weight excluding hydrogens is 372 g/mol. The minimum atomic E-state index is -0.0296. The van der Waals surface area contributed by atoms with Gasteiger partial charge in [-0.3, -0.25) is 4.79 Å². The van der Waals surface area contributed by atoms with Crippen molar-refractivity contribution < 1.29 is 23.7 Å². The van der Waals surface area contributed by atoms with Crippen LogP contribution in [0.25, 0.3) is 0 Å². The molecular formula is C22H26N2O5. The first-order chi connectivity index (χ1) is 14.2. The summed E-state index contributed by atoms with van der Waals surface area (Å²) >= 11 is 0. The Balaban J connectivity index is 1.47. The fourth-order valence-corrected chi connectivity index (χ4v) is 3.73. The van der Waals surface area contributed by atoms with Crippen molar-refractivity contribution in [2.24, 2.45) is 0 Å². The standard InChI is InChI=1S/C22H26N2O5/c1-3-27-18-7-5-4-6-17(18)23-8-10-24(11-9-23)22(25)16-14-19(26-2)21-20(15-16)28-12-13-29-21/h4-7,14-15H,3,8-13H2,1-2H3. The van der Waals surface area contributed by atoms with Gasteiger partial charge in [-0.25, -0.2) is 0 Å². The second-order valence-corrected chi connectivity index (χ2v) is 6.88. The smallest absolute Gasteiger partial charge is 0.254 e. The molecule has 0 radical (unpaired) electrons. The van der Waals surface area contributed by atoms with Crippen molar-refractivity contribution in [1.29, 1.82) is 0 Å². The number of amides is 1. The van der Waals surface area contributed by atoms with Gasteiger partial charge >= 0.3 is 0 Å². The Morgan fingerprint density at radius 1 is 1.03 bits per heavy atom. The summed E-state index contributed by atoms with van der Waals surface area (Å²) in [4.78, 5) is 17.2. The maximum absolute atomic E-state index is 13.1. The third-order valence-electron chi connectivity index (χ3n) is 5.15. The van der Waals surface area contributed by atoms with E-state index in [2.05, 4.69) is 11.0 Å². The lowest BCUT2D eigenvalue weighted by Gasteiger charge is -2.37. The van der Waals surface area contributed by atoms with E-state index < -0.39 is 0 Å². The van der Waals surface area contributed by atoms with Crippen molar-refractivity contribution in [3.63, 3.8) is 0 Å². The number of nitrogens with zero attached hydrogens (tertiary/aromatic N) is 2. The van der Waals surface area contributed by atoms with Crippen LogP contribution >= 0.6 is 0 Å². The van der Waals surface area contributed by atoms with E-state index in [0.717, 1.165) is 24.5 Å². The normalized spacial score (nSPS) is 15.8. The minimum Gasteiger partial charge on any atom is -0.493 e. The molecule has 154 valence electrons.